The number of ether oxygens (including phenoxy) is 1. The Labute approximate surface area is 134 Å². The molecule has 0 spiro atoms. The number of nitrogens with zero attached hydrogens (tertiary/aromatic N) is 1. The number of carbonyl (C=O) groups is 1. The van der Waals surface area contributed by atoms with Gasteiger partial charge in [-0.3, -0.25) is 0 Å². The van der Waals surface area contributed by atoms with Crippen molar-refractivity contribution < 1.29 is 17.9 Å². The van der Waals surface area contributed by atoms with Crippen molar-refractivity contribution in [2.45, 2.75) is 6.10 Å². The number of anilines is 1. The lowest BCUT2D eigenvalue weighted by atomic mass is 10.3. The second-order valence-electron chi connectivity index (χ2n) is 4.96. The van der Waals surface area contributed by atoms with E-state index in [4.69, 9.17) is 16.3 Å². The van der Waals surface area contributed by atoms with E-state index in [-0.39, 0.29) is 19.2 Å². The van der Waals surface area contributed by atoms with Crippen molar-refractivity contribution in [1.82, 2.24) is 9.62 Å². The number of rotatable bonds is 4. The lowest BCUT2D eigenvalue weighted by molar-refractivity contribution is 0.00167. The summed E-state index contributed by atoms with van der Waals surface area (Å²) in [6.07, 6.45) is 0.794. The van der Waals surface area contributed by atoms with Gasteiger partial charge in [-0.2, -0.15) is 4.31 Å². The maximum Gasteiger partial charge on any atom is 0.319 e. The summed E-state index contributed by atoms with van der Waals surface area (Å²) in [5, 5.41) is 5.82. The van der Waals surface area contributed by atoms with Gasteiger partial charge >= 0.3 is 6.03 Å². The number of urea groups is 1. The molecule has 0 saturated carbocycles. The molecule has 0 aromatic heterocycles. The van der Waals surface area contributed by atoms with E-state index in [1.54, 1.807) is 24.3 Å². The molecular weight excluding hydrogens is 330 g/mol. The minimum Gasteiger partial charge on any atom is -0.374 e. The molecule has 1 aromatic rings. The highest BCUT2D eigenvalue weighted by atomic mass is 35.5. The van der Waals surface area contributed by atoms with Gasteiger partial charge in [0, 0.05) is 30.3 Å². The highest BCUT2D eigenvalue weighted by Gasteiger charge is 2.26. The van der Waals surface area contributed by atoms with Crippen LogP contribution in [0.4, 0.5) is 10.5 Å². The lowest BCUT2D eigenvalue weighted by Gasteiger charge is -2.31. The Hall–Kier alpha value is -1.35. The van der Waals surface area contributed by atoms with Crippen LogP contribution in [0.1, 0.15) is 0 Å². The van der Waals surface area contributed by atoms with Crippen molar-refractivity contribution in [1.29, 1.82) is 0 Å². The molecule has 1 unspecified atom stereocenters. The van der Waals surface area contributed by atoms with Gasteiger partial charge in [0.05, 0.1) is 19.0 Å². The Kier molecular flexibility index (Phi) is 5.63. The second kappa shape index (κ2) is 7.28. The maximum absolute atomic E-state index is 11.8. The van der Waals surface area contributed by atoms with Crippen molar-refractivity contribution in [3.05, 3.63) is 29.3 Å². The summed E-state index contributed by atoms with van der Waals surface area (Å²) in [6.45, 7) is 1.11. The maximum atomic E-state index is 11.8. The van der Waals surface area contributed by atoms with Crippen LogP contribution in [0.2, 0.25) is 5.02 Å². The van der Waals surface area contributed by atoms with Gasteiger partial charge in [-0.15, -0.1) is 0 Å². The summed E-state index contributed by atoms with van der Waals surface area (Å²) in [5.41, 5.74) is 0.576. The molecular formula is C13H18ClN3O4S. The molecule has 1 aliphatic rings. The number of halogens is 1. The van der Waals surface area contributed by atoms with E-state index < -0.39 is 16.1 Å². The Morgan fingerprint density at radius 1 is 1.50 bits per heavy atom. The van der Waals surface area contributed by atoms with E-state index in [2.05, 4.69) is 10.6 Å². The molecule has 1 saturated heterocycles. The molecule has 1 fully saturated rings. The summed E-state index contributed by atoms with van der Waals surface area (Å²) < 4.78 is 29.8. The number of morpholine rings is 1. The Morgan fingerprint density at radius 2 is 2.27 bits per heavy atom. The minimum absolute atomic E-state index is 0.221. The molecule has 0 aliphatic carbocycles. The average molecular weight is 348 g/mol. The smallest absolute Gasteiger partial charge is 0.319 e. The Balaban J connectivity index is 1.81. The van der Waals surface area contributed by atoms with Crippen LogP contribution in [0.5, 0.6) is 0 Å². The predicted molar refractivity (Wildman–Crippen MR) is 84.6 cm³/mol. The van der Waals surface area contributed by atoms with Crippen LogP contribution in [0.25, 0.3) is 0 Å². The summed E-state index contributed by atoms with van der Waals surface area (Å²) in [5.74, 6) is 0. The Morgan fingerprint density at radius 3 is 2.95 bits per heavy atom. The molecule has 9 heteroatoms. The van der Waals surface area contributed by atoms with Crippen molar-refractivity contribution in [2.24, 2.45) is 0 Å². The molecule has 2 amide bonds. The zero-order valence-electron chi connectivity index (χ0n) is 12.1. The van der Waals surface area contributed by atoms with Crippen molar-refractivity contribution in [3.8, 4) is 0 Å². The third-order valence-electron chi connectivity index (χ3n) is 3.14. The molecule has 0 bridgehead atoms. The summed E-state index contributed by atoms with van der Waals surface area (Å²) in [6, 6.07) is 6.38. The average Bonchev–Trinajstić information content (AvgIpc) is 2.45. The molecule has 1 aliphatic heterocycles. The summed E-state index contributed by atoms with van der Waals surface area (Å²) >= 11 is 5.83. The van der Waals surface area contributed by atoms with E-state index in [9.17, 15) is 13.2 Å². The topological polar surface area (TPSA) is 87.7 Å². The fraction of sp³-hybridized carbons (Fsp3) is 0.462. The predicted octanol–water partition coefficient (Wildman–Crippen LogP) is 1.12. The first-order chi connectivity index (χ1) is 10.3. The molecule has 1 aromatic carbocycles. The van der Waals surface area contributed by atoms with Gasteiger partial charge in [-0.05, 0) is 18.2 Å². The van der Waals surface area contributed by atoms with Gasteiger partial charge < -0.3 is 15.4 Å². The highest BCUT2D eigenvalue weighted by molar-refractivity contribution is 7.88. The molecule has 2 N–H and O–H groups in total. The first kappa shape index (κ1) is 17.0. The van der Waals surface area contributed by atoms with Crippen LogP contribution in [0.3, 0.4) is 0 Å². The molecule has 1 heterocycles. The van der Waals surface area contributed by atoms with E-state index in [1.165, 1.54) is 4.31 Å². The van der Waals surface area contributed by atoms with Crippen LogP contribution in [0.15, 0.2) is 24.3 Å². The van der Waals surface area contributed by atoms with E-state index in [1.807, 2.05) is 0 Å². The van der Waals surface area contributed by atoms with Gasteiger partial charge in [-0.25, -0.2) is 13.2 Å². The van der Waals surface area contributed by atoms with Crippen molar-refractivity contribution in [3.63, 3.8) is 0 Å². The van der Waals surface area contributed by atoms with Crippen LogP contribution in [-0.2, 0) is 14.8 Å². The fourth-order valence-corrected chi connectivity index (χ4v) is 3.10. The van der Waals surface area contributed by atoms with Crippen LogP contribution < -0.4 is 10.6 Å². The van der Waals surface area contributed by atoms with Gasteiger partial charge in [0.1, 0.15) is 0 Å². The lowest BCUT2D eigenvalue weighted by Crippen LogP contribution is -2.49. The van der Waals surface area contributed by atoms with Gasteiger partial charge in [0.25, 0.3) is 0 Å². The quantitative estimate of drug-likeness (QED) is 0.854. The zero-order chi connectivity index (χ0) is 16.2. The molecule has 0 radical (unpaired) electrons. The first-order valence-electron chi connectivity index (χ1n) is 6.72. The van der Waals surface area contributed by atoms with E-state index in [0.717, 1.165) is 6.26 Å². The summed E-state index contributed by atoms with van der Waals surface area (Å²) in [7, 11) is -3.24. The number of nitrogens with one attached hydrogen (secondary N) is 2. The van der Waals surface area contributed by atoms with Gasteiger partial charge in [0.15, 0.2) is 0 Å². The molecule has 7 nitrogen and oxygen atoms in total. The molecule has 1 atom stereocenters. The largest absolute Gasteiger partial charge is 0.374 e. The van der Waals surface area contributed by atoms with Crippen LogP contribution >= 0.6 is 11.6 Å². The van der Waals surface area contributed by atoms with E-state index >= 15 is 0 Å². The molecule has 22 heavy (non-hydrogen) atoms. The highest BCUT2D eigenvalue weighted by Crippen LogP contribution is 2.14. The van der Waals surface area contributed by atoms with Crippen LogP contribution in [0, 0.1) is 0 Å². The minimum atomic E-state index is -3.24. The monoisotopic (exact) mass is 347 g/mol. The number of hydrogen-bond acceptors (Lipinski definition) is 4. The zero-order valence-corrected chi connectivity index (χ0v) is 13.7. The van der Waals surface area contributed by atoms with Crippen molar-refractivity contribution in [2.75, 3.05) is 37.8 Å². The van der Waals surface area contributed by atoms with Crippen LogP contribution in [-0.4, -0.2) is 57.4 Å². The number of carbonyl (C=O) groups excluding carboxylic acids is 1. The van der Waals surface area contributed by atoms with E-state index in [0.29, 0.717) is 23.9 Å². The number of sulfonamides is 1. The normalized spacial score (nSPS) is 19.6. The van der Waals surface area contributed by atoms with Gasteiger partial charge in [-0.1, -0.05) is 17.7 Å². The fourth-order valence-electron chi connectivity index (χ4n) is 2.07. The second-order valence-corrected chi connectivity index (χ2v) is 7.38. The first-order valence-corrected chi connectivity index (χ1v) is 8.94. The number of amides is 2. The number of hydrogen-bond donors (Lipinski definition) is 2. The Bertz CT molecular complexity index is 638. The van der Waals surface area contributed by atoms with Crippen molar-refractivity contribution >= 4 is 33.3 Å². The third kappa shape index (κ3) is 5.13. The summed E-state index contributed by atoms with van der Waals surface area (Å²) in [4.78, 5) is 11.8. The van der Waals surface area contributed by atoms with Gasteiger partial charge in [0.2, 0.25) is 10.0 Å². The molecule has 2 rings (SSSR count). The molecule has 122 valence electrons. The SMILES string of the molecule is CS(=O)(=O)N1CCOC(CNC(=O)Nc2cccc(Cl)c2)C1. The number of benzene rings is 1. The standard InChI is InChI=1S/C13H18ClN3O4S/c1-22(19,20)17-5-6-21-12(9-17)8-15-13(18)16-11-4-2-3-10(14)7-11/h2-4,7,12H,5-6,8-9H2,1H3,(H2,15,16,18). The third-order valence-corrected chi connectivity index (χ3v) is 4.65.